The zero-order valence-electron chi connectivity index (χ0n) is 12.8. The molecule has 2 amide bonds. The third kappa shape index (κ3) is 2.73. The molecule has 5 heteroatoms. The summed E-state index contributed by atoms with van der Waals surface area (Å²) < 4.78 is 0. The number of nitrogens with zero attached hydrogens (tertiary/aromatic N) is 1. The van der Waals surface area contributed by atoms with Crippen LogP contribution in [0.25, 0.3) is 5.57 Å². The number of nitrogens with one attached hydrogen (secondary N) is 1. The second-order valence-electron chi connectivity index (χ2n) is 5.44. The number of nitrogens with two attached hydrogens (primary N) is 1. The van der Waals surface area contributed by atoms with E-state index >= 15 is 0 Å². The van der Waals surface area contributed by atoms with Crippen molar-refractivity contribution in [3.05, 3.63) is 65.4 Å². The Kier molecular flexibility index (Phi) is 3.93. The topological polar surface area (TPSA) is 77.4 Å². The minimum Gasteiger partial charge on any atom is -0.366 e. The van der Waals surface area contributed by atoms with Crippen LogP contribution in [0.15, 0.2) is 54.3 Å². The zero-order chi connectivity index (χ0) is 16.4. The van der Waals surface area contributed by atoms with Crippen LogP contribution in [0.2, 0.25) is 0 Å². The van der Waals surface area contributed by atoms with Gasteiger partial charge < -0.3 is 10.6 Å². The minimum absolute atomic E-state index is 0.0119. The Balaban J connectivity index is 2.06. The Hall–Kier alpha value is -2.95. The second-order valence-corrected chi connectivity index (χ2v) is 5.44. The van der Waals surface area contributed by atoms with Gasteiger partial charge in [0.2, 0.25) is 5.91 Å². The molecule has 2 aliphatic rings. The SMILES string of the molecule is CC=CCN1C=C(c2cccc(C(N)=O)c2)C2=CC=[NH+]C2C1=O. The molecule has 2 heterocycles. The predicted octanol–water partition coefficient (Wildman–Crippen LogP) is 0.00470. The van der Waals surface area contributed by atoms with E-state index in [0.717, 1.165) is 16.7 Å². The van der Waals surface area contributed by atoms with Crippen LogP contribution in [0.3, 0.4) is 0 Å². The highest BCUT2D eigenvalue weighted by molar-refractivity contribution is 6.01. The molecule has 1 atom stereocenters. The van der Waals surface area contributed by atoms with Crippen LogP contribution in [0, 0.1) is 0 Å². The van der Waals surface area contributed by atoms with Gasteiger partial charge in [-0.05, 0) is 24.6 Å². The average molecular weight is 308 g/mol. The van der Waals surface area contributed by atoms with E-state index in [1.165, 1.54) is 0 Å². The number of carbonyl (C=O) groups is 2. The molecule has 1 aromatic rings. The molecular weight excluding hydrogens is 290 g/mol. The van der Waals surface area contributed by atoms with Crippen molar-refractivity contribution in [2.45, 2.75) is 13.0 Å². The molecule has 0 saturated carbocycles. The summed E-state index contributed by atoms with van der Waals surface area (Å²) in [6, 6.07) is 6.78. The maximum atomic E-state index is 12.5. The fourth-order valence-corrected chi connectivity index (χ4v) is 2.77. The predicted molar refractivity (Wildman–Crippen MR) is 88.4 cm³/mol. The maximum Gasteiger partial charge on any atom is 0.300 e. The first-order chi connectivity index (χ1) is 11.1. The van der Waals surface area contributed by atoms with Gasteiger partial charge >= 0.3 is 0 Å². The van der Waals surface area contributed by atoms with E-state index in [2.05, 4.69) is 4.99 Å². The Bertz CT molecular complexity index is 787. The molecule has 0 spiro atoms. The van der Waals surface area contributed by atoms with E-state index < -0.39 is 5.91 Å². The van der Waals surface area contributed by atoms with Crippen LogP contribution < -0.4 is 10.7 Å². The standard InChI is InChI=1S/C18H17N3O2/c1-2-3-9-21-11-15(14-7-8-20-16(14)18(21)23)12-5-4-6-13(10-12)17(19)22/h2-8,10-11,16H,9H2,1H3,(H2,19,22)/p+1. The van der Waals surface area contributed by atoms with Crippen LogP contribution in [0.1, 0.15) is 22.8 Å². The third-order valence-corrected chi connectivity index (χ3v) is 3.96. The molecule has 23 heavy (non-hydrogen) atoms. The first kappa shape index (κ1) is 15.0. The van der Waals surface area contributed by atoms with E-state index in [0.29, 0.717) is 12.1 Å². The number of hydrogen-bond donors (Lipinski definition) is 2. The lowest BCUT2D eigenvalue weighted by atomic mass is 9.90. The minimum atomic E-state index is -0.466. The van der Waals surface area contributed by atoms with Crippen molar-refractivity contribution in [2.75, 3.05) is 6.54 Å². The molecule has 2 aliphatic heterocycles. The smallest absolute Gasteiger partial charge is 0.300 e. The Morgan fingerprint density at radius 1 is 1.43 bits per heavy atom. The van der Waals surface area contributed by atoms with Crippen LogP contribution >= 0.6 is 0 Å². The first-order valence-corrected chi connectivity index (χ1v) is 7.45. The van der Waals surface area contributed by atoms with Crippen LogP contribution in [-0.4, -0.2) is 35.5 Å². The van der Waals surface area contributed by atoms with Crippen LogP contribution in [-0.2, 0) is 4.79 Å². The molecule has 0 aliphatic carbocycles. The van der Waals surface area contributed by atoms with Crippen molar-refractivity contribution in [3.63, 3.8) is 0 Å². The van der Waals surface area contributed by atoms with E-state index in [1.54, 1.807) is 29.3 Å². The Morgan fingerprint density at radius 2 is 2.26 bits per heavy atom. The van der Waals surface area contributed by atoms with Gasteiger partial charge in [-0.2, -0.15) is 0 Å². The normalized spacial score (nSPS) is 19.8. The second kappa shape index (κ2) is 6.04. The number of amides is 2. The van der Waals surface area contributed by atoms with Crippen molar-refractivity contribution in [1.82, 2.24) is 4.90 Å². The van der Waals surface area contributed by atoms with Gasteiger partial charge in [-0.3, -0.25) is 9.59 Å². The average Bonchev–Trinajstić information content (AvgIpc) is 3.04. The third-order valence-electron chi connectivity index (χ3n) is 3.96. The Morgan fingerprint density at radius 3 is 3.00 bits per heavy atom. The number of primary amides is 1. The number of benzene rings is 1. The van der Waals surface area contributed by atoms with Gasteiger partial charge in [0.15, 0.2) is 6.21 Å². The lowest BCUT2D eigenvalue weighted by Crippen LogP contribution is -2.79. The number of fused-ring (bicyclic) bond motifs is 1. The number of rotatable bonds is 4. The van der Waals surface area contributed by atoms with Gasteiger partial charge in [0.1, 0.15) is 0 Å². The van der Waals surface area contributed by atoms with E-state index in [9.17, 15) is 9.59 Å². The molecular formula is C18H18N3O2+. The van der Waals surface area contributed by atoms with E-state index in [4.69, 9.17) is 5.73 Å². The molecule has 0 fully saturated rings. The summed E-state index contributed by atoms with van der Waals surface area (Å²) >= 11 is 0. The molecule has 116 valence electrons. The van der Waals surface area contributed by atoms with Gasteiger partial charge in [0.05, 0.1) is 0 Å². The molecule has 5 nitrogen and oxygen atoms in total. The van der Waals surface area contributed by atoms with Gasteiger partial charge in [-0.25, -0.2) is 4.99 Å². The summed E-state index contributed by atoms with van der Waals surface area (Å²) in [6.45, 7) is 2.43. The highest BCUT2D eigenvalue weighted by atomic mass is 16.2. The molecule has 3 rings (SSSR count). The molecule has 0 radical (unpaired) electrons. The molecule has 0 aromatic heterocycles. The summed E-state index contributed by atoms with van der Waals surface area (Å²) in [5.41, 5.74) is 8.52. The van der Waals surface area contributed by atoms with Crippen LogP contribution in [0.4, 0.5) is 0 Å². The summed E-state index contributed by atoms with van der Waals surface area (Å²) in [4.78, 5) is 28.7. The van der Waals surface area contributed by atoms with Gasteiger partial charge in [-0.15, -0.1) is 0 Å². The number of carbonyl (C=O) groups excluding carboxylic acids is 2. The fraction of sp³-hybridized carbons (Fsp3) is 0.167. The maximum absolute atomic E-state index is 12.5. The molecule has 0 bridgehead atoms. The fourth-order valence-electron chi connectivity index (χ4n) is 2.77. The van der Waals surface area contributed by atoms with E-state index in [-0.39, 0.29) is 11.9 Å². The quantitative estimate of drug-likeness (QED) is 0.768. The lowest BCUT2D eigenvalue weighted by Gasteiger charge is -2.26. The highest BCUT2D eigenvalue weighted by Gasteiger charge is 2.39. The molecule has 1 unspecified atom stereocenters. The highest BCUT2D eigenvalue weighted by Crippen LogP contribution is 2.30. The number of allylic oxidation sites excluding steroid dienone is 2. The van der Waals surface area contributed by atoms with Crippen molar-refractivity contribution >= 4 is 23.6 Å². The van der Waals surface area contributed by atoms with Gasteiger partial charge in [0, 0.05) is 35.5 Å². The van der Waals surface area contributed by atoms with Crippen molar-refractivity contribution < 1.29 is 14.6 Å². The molecule has 0 saturated heterocycles. The summed E-state index contributed by atoms with van der Waals surface area (Å²) in [6.07, 6.45) is 9.36. The molecule has 3 N–H and O–H groups in total. The zero-order valence-corrected chi connectivity index (χ0v) is 12.8. The van der Waals surface area contributed by atoms with Gasteiger partial charge in [-0.1, -0.05) is 24.3 Å². The van der Waals surface area contributed by atoms with Crippen molar-refractivity contribution in [2.24, 2.45) is 5.73 Å². The lowest BCUT2D eigenvalue weighted by molar-refractivity contribution is -0.467. The first-order valence-electron chi connectivity index (χ1n) is 7.45. The van der Waals surface area contributed by atoms with Crippen molar-refractivity contribution in [1.29, 1.82) is 0 Å². The van der Waals surface area contributed by atoms with Gasteiger partial charge in [0.25, 0.3) is 11.9 Å². The van der Waals surface area contributed by atoms with Crippen molar-refractivity contribution in [3.8, 4) is 0 Å². The summed E-state index contributed by atoms with van der Waals surface area (Å²) in [5, 5.41) is 0. The number of hydrogen-bond acceptors (Lipinski definition) is 2. The summed E-state index contributed by atoms with van der Waals surface area (Å²) in [7, 11) is 0. The summed E-state index contributed by atoms with van der Waals surface area (Å²) in [5.74, 6) is -0.454. The van der Waals surface area contributed by atoms with Crippen LogP contribution in [0.5, 0.6) is 0 Å². The Labute approximate surface area is 134 Å². The van der Waals surface area contributed by atoms with E-state index in [1.807, 2.05) is 37.4 Å². The largest absolute Gasteiger partial charge is 0.366 e. The monoisotopic (exact) mass is 308 g/mol. The molecule has 1 aromatic carbocycles.